The zero-order valence-corrected chi connectivity index (χ0v) is 17.4. The van der Waals surface area contributed by atoms with Gasteiger partial charge in [-0.25, -0.2) is 0 Å². The summed E-state index contributed by atoms with van der Waals surface area (Å²) in [6, 6.07) is 9.90. The molecule has 0 bridgehead atoms. The van der Waals surface area contributed by atoms with Gasteiger partial charge >= 0.3 is 0 Å². The Morgan fingerprint density at radius 3 is 1.30 bits per heavy atom. The maximum Gasteiger partial charge on any atom is 0.167 e. The maximum absolute atomic E-state index is 12.0. The van der Waals surface area contributed by atoms with E-state index < -0.39 is 0 Å². The summed E-state index contributed by atoms with van der Waals surface area (Å²) in [5, 5.41) is 0. The fourth-order valence-corrected chi connectivity index (χ4v) is 2.51. The van der Waals surface area contributed by atoms with Crippen molar-refractivity contribution >= 4 is 23.1 Å². The summed E-state index contributed by atoms with van der Waals surface area (Å²) < 4.78 is 16.5. The number of carbonyl (C=O) groups is 4. The highest BCUT2D eigenvalue weighted by Gasteiger charge is 2.12. The lowest BCUT2D eigenvalue weighted by Crippen LogP contribution is -2.09. The van der Waals surface area contributed by atoms with E-state index in [9.17, 15) is 19.2 Å². The number of rotatable bonds is 11. The Bertz CT molecular complexity index is 939. The van der Waals surface area contributed by atoms with Gasteiger partial charge in [0.1, 0.15) is 37.1 Å². The van der Waals surface area contributed by atoms with Gasteiger partial charge in [0, 0.05) is 11.6 Å². The number of carbonyl (C=O) groups excluding carboxylic acids is 4. The Labute approximate surface area is 174 Å². The summed E-state index contributed by atoms with van der Waals surface area (Å²) in [5.41, 5.74) is 1.67. The molecule has 0 aliphatic carbocycles. The molecular formula is C23H24O7. The predicted octanol–water partition coefficient (Wildman–Crippen LogP) is 3.46. The van der Waals surface area contributed by atoms with E-state index in [1.807, 2.05) is 0 Å². The molecule has 7 heteroatoms. The Morgan fingerprint density at radius 2 is 0.933 bits per heavy atom. The van der Waals surface area contributed by atoms with Crippen LogP contribution in [0.15, 0.2) is 36.4 Å². The van der Waals surface area contributed by atoms with E-state index >= 15 is 0 Å². The summed E-state index contributed by atoms with van der Waals surface area (Å²) in [7, 11) is 0. The maximum atomic E-state index is 12.0. The Balaban J connectivity index is 2.49. The topological polar surface area (TPSA) is 96.0 Å². The average molecular weight is 412 g/mol. The van der Waals surface area contributed by atoms with E-state index in [1.165, 1.54) is 27.7 Å². The molecule has 0 aromatic heterocycles. The van der Waals surface area contributed by atoms with E-state index in [0.717, 1.165) is 0 Å². The molecule has 0 unspecified atom stereocenters. The van der Waals surface area contributed by atoms with E-state index in [2.05, 4.69) is 0 Å². The molecular weight excluding hydrogens is 388 g/mol. The second-order valence-electron chi connectivity index (χ2n) is 6.97. The Kier molecular flexibility index (Phi) is 7.86. The summed E-state index contributed by atoms with van der Waals surface area (Å²) in [5.74, 6) is 0.511. The minimum atomic E-state index is -0.165. The van der Waals surface area contributed by atoms with Crippen LogP contribution in [0.5, 0.6) is 17.2 Å². The van der Waals surface area contributed by atoms with Crippen LogP contribution in [-0.4, -0.2) is 43.0 Å². The molecule has 0 spiro atoms. The highest BCUT2D eigenvalue weighted by Crippen LogP contribution is 2.33. The molecule has 0 aliphatic heterocycles. The summed E-state index contributed by atoms with van der Waals surface area (Å²) in [6.07, 6.45) is 0. The van der Waals surface area contributed by atoms with Gasteiger partial charge in [0.25, 0.3) is 0 Å². The largest absolute Gasteiger partial charge is 0.486 e. The average Bonchev–Trinajstić information content (AvgIpc) is 2.68. The van der Waals surface area contributed by atoms with Gasteiger partial charge in [0.2, 0.25) is 0 Å². The fraction of sp³-hybridized carbons (Fsp3) is 0.304. The number of hydrogen-bond donors (Lipinski definition) is 0. The van der Waals surface area contributed by atoms with Crippen LogP contribution in [0.2, 0.25) is 0 Å². The fourth-order valence-electron chi connectivity index (χ4n) is 2.51. The van der Waals surface area contributed by atoms with Crippen LogP contribution in [0.25, 0.3) is 11.1 Å². The van der Waals surface area contributed by atoms with Crippen molar-refractivity contribution in [3.05, 3.63) is 42.0 Å². The minimum absolute atomic E-state index is 0.115. The van der Waals surface area contributed by atoms with Gasteiger partial charge in [-0.05, 0) is 69.2 Å². The first-order valence-corrected chi connectivity index (χ1v) is 9.32. The summed E-state index contributed by atoms with van der Waals surface area (Å²) in [4.78, 5) is 45.8. The second-order valence-corrected chi connectivity index (χ2v) is 6.97. The number of Topliss-reactive ketones (excluding diaryl/α,β-unsaturated/α-hetero) is 4. The van der Waals surface area contributed by atoms with Crippen LogP contribution in [0.3, 0.4) is 0 Å². The van der Waals surface area contributed by atoms with Crippen molar-refractivity contribution in [2.45, 2.75) is 27.7 Å². The minimum Gasteiger partial charge on any atom is -0.486 e. The lowest BCUT2D eigenvalue weighted by atomic mass is 10.0. The smallest absolute Gasteiger partial charge is 0.167 e. The zero-order chi connectivity index (χ0) is 22.3. The van der Waals surface area contributed by atoms with E-state index in [-0.39, 0.29) is 43.0 Å². The van der Waals surface area contributed by atoms with Gasteiger partial charge in [-0.15, -0.1) is 0 Å². The second kappa shape index (κ2) is 10.3. The first kappa shape index (κ1) is 22.8. The first-order valence-electron chi connectivity index (χ1n) is 9.32. The van der Waals surface area contributed by atoms with Crippen molar-refractivity contribution in [1.82, 2.24) is 0 Å². The van der Waals surface area contributed by atoms with Crippen LogP contribution in [-0.2, 0) is 14.4 Å². The standard InChI is InChI=1S/C23H24O7/c1-14(24)11-28-21-6-18(17(4)27)5-19(7-21)20-8-22(29-12-15(2)25)10-23(9-20)30-13-16(3)26/h5-10H,11-13H2,1-4H3. The molecule has 30 heavy (non-hydrogen) atoms. The molecule has 2 rings (SSSR count). The van der Waals surface area contributed by atoms with Crippen molar-refractivity contribution in [1.29, 1.82) is 0 Å². The molecule has 0 radical (unpaired) electrons. The molecule has 0 fully saturated rings. The van der Waals surface area contributed by atoms with Crippen molar-refractivity contribution in [2.75, 3.05) is 19.8 Å². The quantitative estimate of drug-likeness (QED) is 0.522. The molecule has 0 saturated carbocycles. The molecule has 0 saturated heterocycles. The van der Waals surface area contributed by atoms with Crippen molar-refractivity contribution in [3.8, 4) is 28.4 Å². The van der Waals surface area contributed by atoms with E-state index in [0.29, 0.717) is 33.9 Å². The van der Waals surface area contributed by atoms with Crippen molar-refractivity contribution in [3.63, 3.8) is 0 Å². The highest BCUT2D eigenvalue weighted by atomic mass is 16.5. The van der Waals surface area contributed by atoms with Crippen LogP contribution in [0, 0.1) is 0 Å². The lowest BCUT2D eigenvalue weighted by Gasteiger charge is -2.13. The number of benzene rings is 2. The number of hydrogen-bond acceptors (Lipinski definition) is 7. The van der Waals surface area contributed by atoms with Gasteiger partial charge in [-0.2, -0.15) is 0 Å². The highest BCUT2D eigenvalue weighted by molar-refractivity contribution is 5.96. The number of ketones is 4. The SMILES string of the molecule is CC(=O)COc1cc(OCC(C)=O)cc(-c2cc(OCC(C)=O)cc(C(C)=O)c2)c1. The van der Waals surface area contributed by atoms with Crippen molar-refractivity contribution in [2.24, 2.45) is 0 Å². The van der Waals surface area contributed by atoms with Crippen molar-refractivity contribution < 1.29 is 33.4 Å². The van der Waals surface area contributed by atoms with Crippen LogP contribution < -0.4 is 14.2 Å². The first-order chi connectivity index (χ1) is 14.1. The third kappa shape index (κ3) is 7.16. The normalized spacial score (nSPS) is 10.3. The molecule has 0 N–H and O–H groups in total. The molecule has 0 heterocycles. The van der Waals surface area contributed by atoms with Crippen LogP contribution >= 0.6 is 0 Å². The number of ether oxygens (including phenoxy) is 3. The molecule has 0 amide bonds. The van der Waals surface area contributed by atoms with Gasteiger partial charge < -0.3 is 14.2 Å². The third-order valence-electron chi connectivity index (χ3n) is 3.85. The molecule has 0 aliphatic rings. The van der Waals surface area contributed by atoms with Gasteiger partial charge in [-0.1, -0.05) is 0 Å². The van der Waals surface area contributed by atoms with Crippen LogP contribution in [0.1, 0.15) is 38.1 Å². The molecule has 0 atom stereocenters. The zero-order valence-electron chi connectivity index (χ0n) is 17.4. The lowest BCUT2D eigenvalue weighted by molar-refractivity contribution is -0.119. The predicted molar refractivity (Wildman–Crippen MR) is 110 cm³/mol. The summed E-state index contributed by atoms with van der Waals surface area (Å²) in [6.45, 7) is 5.31. The summed E-state index contributed by atoms with van der Waals surface area (Å²) >= 11 is 0. The van der Waals surface area contributed by atoms with Gasteiger partial charge in [0.15, 0.2) is 23.1 Å². The van der Waals surface area contributed by atoms with Gasteiger partial charge in [0.05, 0.1) is 0 Å². The molecule has 7 nitrogen and oxygen atoms in total. The molecule has 158 valence electrons. The van der Waals surface area contributed by atoms with Crippen LogP contribution in [0.4, 0.5) is 0 Å². The monoisotopic (exact) mass is 412 g/mol. The molecule has 2 aromatic carbocycles. The van der Waals surface area contributed by atoms with Gasteiger partial charge in [-0.3, -0.25) is 19.2 Å². The third-order valence-corrected chi connectivity index (χ3v) is 3.85. The Morgan fingerprint density at radius 1 is 0.567 bits per heavy atom. The van der Waals surface area contributed by atoms with E-state index in [1.54, 1.807) is 36.4 Å². The van der Waals surface area contributed by atoms with E-state index in [4.69, 9.17) is 14.2 Å². The molecule has 2 aromatic rings. The Hall–Kier alpha value is -3.48.